The molecule has 40 heavy (non-hydrogen) atoms. The average molecular weight is 685 g/mol. The zero-order chi connectivity index (χ0) is 29.5. The van der Waals surface area contributed by atoms with Gasteiger partial charge in [-0.2, -0.15) is 0 Å². The number of hydrogen-bond acceptors (Lipinski definition) is 9. The molecule has 0 saturated carbocycles. The second kappa shape index (κ2) is 18.4. The quantitative estimate of drug-likeness (QED) is 0.294. The number of benzene rings is 3. The molecule has 13 heteroatoms. The number of carboxylic acid groups (broad SMARTS) is 3. The molecule has 0 saturated heterocycles. The molecular formula is C27H30LaO12. The van der Waals surface area contributed by atoms with E-state index in [0.717, 1.165) is 0 Å². The van der Waals surface area contributed by atoms with Crippen LogP contribution in [0.5, 0.6) is 34.5 Å². The van der Waals surface area contributed by atoms with Gasteiger partial charge in [-0.25, -0.2) is 14.4 Å². The van der Waals surface area contributed by atoms with Crippen LogP contribution in [0, 0.1) is 35.6 Å². The van der Waals surface area contributed by atoms with Crippen molar-refractivity contribution >= 4 is 17.9 Å². The van der Waals surface area contributed by atoms with Gasteiger partial charge in [0.1, 0.15) is 16.7 Å². The molecule has 3 rings (SSSR count). The summed E-state index contributed by atoms with van der Waals surface area (Å²) in [7, 11) is 8.61. The summed E-state index contributed by atoms with van der Waals surface area (Å²) in [5, 5.41) is 26.3. The Labute approximate surface area is 258 Å². The number of ether oxygens (including phenoxy) is 6. The zero-order valence-corrected chi connectivity index (χ0v) is 26.4. The maximum atomic E-state index is 10.7. The Morgan fingerprint density at radius 2 is 0.675 bits per heavy atom. The minimum atomic E-state index is -1.03. The molecule has 0 aliphatic heterocycles. The largest absolute Gasteiger partial charge is 0.493 e. The van der Waals surface area contributed by atoms with Gasteiger partial charge in [0.25, 0.3) is 0 Å². The zero-order valence-electron chi connectivity index (χ0n) is 22.8. The maximum Gasteiger partial charge on any atom is 0.339 e. The van der Waals surface area contributed by atoms with E-state index in [1.165, 1.54) is 60.9 Å². The number of rotatable bonds is 9. The number of carboxylic acids is 3. The summed E-state index contributed by atoms with van der Waals surface area (Å²) in [6.07, 6.45) is 0. The molecule has 3 N–H and O–H groups in total. The van der Waals surface area contributed by atoms with E-state index in [1.807, 2.05) is 0 Å². The molecule has 12 nitrogen and oxygen atoms in total. The first-order valence-electron chi connectivity index (χ1n) is 10.9. The van der Waals surface area contributed by atoms with Crippen molar-refractivity contribution in [3.05, 3.63) is 71.3 Å². The molecule has 0 fully saturated rings. The van der Waals surface area contributed by atoms with Crippen LogP contribution in [-0.2, 0) is 0 Å². The van der Waals surface area contributed by atoms with Gasteiger partial charge in [-0.05, 0) is 36.4 Å². The summed E-state index contributed by atoms with van der Waals surface area (Å²) in [5.74, 6) is -1.10. The van der Waals surface area contributed by atoms with Gasteiger partial charge in [0, 0.05) is 35.6 Å². The van der Waals surface area contributed by atoms with Crippen molar-refractivity contribution in [3.8, 4) is 34.5 Å². The molecule has 0 amide bonds. The topological polar surface area (TPSA) is 167 Å². The van der Waals surface area contributed by atoms with Crippen LogP contribution >= 0.6 is 0 Å². The molecule has 0 unspecified atom stereocenters. The van der Waals surface area contributed by atoms with Crippen molar-refractivity contribution in [1.82, 2.24) is 0 Å². The number of methoxy groups -OCH3 is 6. The normalized spacial score (nSPS) is 9.15. The van der Waals surface area contributed by atoms with Crippen molar-refractivity contribution in [2.75, 3.05) is 42.7 Å². The molecule has 0 bridgehead atoms. The first kappa shape index (κ1) is 36.1. The summed E-state index contributed by atoms with van der Waals surface area (Å²) in [6, 6.07) is 14.1. The Balaban J connectivity index is 0.000000563. The van der Waals surface area contributed by atoms with Crippen LogP contribution in [-0.4, -0.2) is 75.9 Å². The second-order valence-corrected chi connectivity index (χ2v) is 7.04. The Hall–Kier alpha value is -3.94. The van der Waals surface area contributed by atoms with Crippen LogP contribution in [0.4, 0.5) is 0 Å². The van der Waals surface area contributed by atoms with Crippen LogP contribution in [0.1, 0.15) is 31.1 Å². The van der Waals surface area contributed by atoms with Gasteiger partial charge in [-0.15, -0.1) is 0 Å². The first-order valence-corrected chi connectivity index (χ1v) is 10.9. The van der Waals surface area contributed by atoms with E-state index in [0.29, 0.717) is 17.2 Å². The van der Waals surface area contributed by atoms with E-state index < -0.39 is 17.9 Å². The molecule has 0 aromatic heterocycles. The molecule has 0 aliphatic carbocycles. The fourth-order valence-corrected chi connectivity index (χ4v) is 3.17. The molecule has 0 aliphatic rings. The summed E-state index contributed by atoms with van der Waals surface area (Å²) >= 11 is 0. The van der Waals surface area contributed by atoms with Gasteiger partial charge in [-0.3, -0.25) is 0 Å². The van der Waals surface area contributed by atoms with Crippen molar-refractivity contribution in [3.63, 3.8) is 0 Å². The van der Waals surface area contributed by atoms with Crippen LogP contribution in [0.3, 0.4) is 0 Å². The number of para-hydroxylation sites is 3. The van der Waals surface area contributed by atoms with Crippen molar-refractivity contribution in [2.45, 2.75) is 0 Å². The molecule has 3 aromatic rings. The van der Waals surface area contributed by atoms with Crippen molar-refractivity contribution < 1.29 is 93.7 Å². The summed E-state index contributed by atoms with van der Waals surface area (Å²) in [4.78, 5) is 32.1. The molecule has 0 atom stereocenters. The third-order valence-corrected chi connectivity index (χ3v) is 4.90. The number of hydrogen-bond donors (Lipinski definition) is 3. The average Bonchev–Trinajstić information content (AvgIpc) is 2.95. The third kappa shape index (κ3) is 9.67. The van der Waals surface area contributed by atoms with Gasteiger partial charge in [0.05, 0.1) is 42.7 Å². The Morgan fingerprint density at radius 3 is 0.825 bits per heavy atom. The summed E-state index contributed by atoms with van der Waals surface area (Å²) < 4.78 is 29.6. The number of aromatic carboxylic acids is 3. The molecular weight excluding hydrogens is 655 g/mol. The van der Waals surface area contributed by atoms with Gasteiger partial charge < -0.3 is 43.7 Å². The molecule has 0 spiro atoms. The van der Waals surface area contributed by atoms with Gasteiger partial charge in [-0.1, -0.05) is 18.2 Å². The molecule has 0 heterocycles. The summed E-state index contributed by atoms with van der Waals surface area (Å²) in [5.41, 5.74) is 0.297. The fraction of sp³-hybridized carbons (Fsp3) is 0.222. The van der Waals surface area contributed by atoms with Crippen LogP contribution in [0.25, 0.3) is 0 Å². The number of carbonyl (C=O) groups is 3. The predicted molar refractivity (Wildman–Crippen MR) is 140 cm³/mol. The second-order valence-electron chi connectivity index (χ2n) is 7.04. The SMILES string of the molecule is COc1cccc(C(=O)O)c1OC.COc1cccc(C(=O)O)c1OC.COc1cccc(C(=O)O)c1OC.[La]. The van der Waals surface area contributed by atoms with Crippen LogP contribution in [0.2, 0.25) is 0 Å². The van der Waals surface area contributed by atoms with E-state index in [1.54, 1.807) is 36.4 Å². The van der Waals surface area contributed by atoms with Gasteiger partial charge >= 0.3 is 17.9 Å². The Morgan fingerprint density at radius 1 is 0.450 bits per heavy atom. The van der Waals surface area contributed by atoms with E-state index >= 15 is 0 Å². The third-order valence-electron chi connectivity index (χ3n) is 4.90. The maximum absolute atomic E-state index is 10.7. The Kier molecular flexibility index (Phi) is 16.6. The van der Waals surface area contributed by atoms with E-state index in [9.17, 15) is 14.4 Å². The van der Waals surface area contributed by atoms with Gasteiger partial charge in [0.2, 0.25) is 0 Å². The monoisotopic (exact) mass is 685 g/mol. The van der Waals surface area contributed by atoms with Crippen LogP contribution < -0.4 is 28.4 Å². The molecule has 1 radical (unpaired) electrons. The van der Waals surface area contributed by atoms with Crippen LogP contribution in [0.15, 0.2) is 54.6 Å². The van der Waals surface area contributed by atoms with E-state index in [2.05, 4.69) is 0 Å². The van der Waals surface area contributed by atoms with E-state index in [-0.39, 0.29) is 69.5 Å². The molecule has 3 aromatic carbocycles. The van der Waals surface area contributed by atoms with Crippen molar-refractivity contribution in [1.29, 1.82) is 0 Å². The minimum Gasteiger partial charge on any atom is -0.493 e. The van der Waals surface area contributed by atoms with Gasteiger partial charge in [0.15, 0.2) is 34.5 Å². The Bertz CT molecular complexity index is 1120. The smallest absolute Gasteiger partial charge is 0.339 e. The van der Waals surface area contributed by atoms with Crippen molar-refractivity contribution in [2.24, 2.45) is 0 Å². The predicted octanol–water partition coefficient (Wildman–Crippen LogP) is 4.21. The fourth-order valence-electron chi connectivity index (χ4n) is 3.17. The van der Waals surface area contributed by atoms with E-state index in [4.69, 9.17) is 43.7 Å². The first-order chi connectivity index (χ1) is 18.6. The summed E-state index contributed by atoms with van der Waals surface area (Å²) in [6.45, 7) is 0. The minimum absolute atomic E-state index is 0. The standard InChI is InChI=1S/3C9H10O4.La/c3*1-12-7-5-3-4-6(9(10)11)8(7)13-2;/h3*3-5H,1-2H3,(H,10,11);. The molecule has 213 valence electrons.